The Morgan fingerprint density at radius 3 is 2.76 bits per heavy atom. The van der Waals surface area contributed by atoms with Crippen molar-refractivity contribution in [2.24, 2.45) is 5.92 Å². The maximum atomic E-state index is 11.1. The summed E-state index contributed by atoms with van der Waals surface area (Å²) in [6, 6.07) is 0. The van der Waals surface area contributed by atoms with E-state index in [0.717, 1.165) is 0 Å². The fourth-order valence-electron chi connectivity index (χ4n) is 1.44. The number of aryl methyl sites for hydroxylation is 1. The summed E-state index contributed by atoms with van der Waals surface area (Å²) in [7, 11) is 1.28. The maximum absolute atomic E-state index is 11.1. The average Bonchev–Trinajstić information content (AvgIpc) is 2.77. The Bertz CT molecular complexity index is 365. The van der Waals surface area contributed by atoms with Crippen molar-refractivity contribution in [2.45, 2.75) is 25.8 Å². The number of hydrogen-bond acceptors (Lipinski definition) is 6. The molecule has 1 atom stereocenters. The molecular formula is C9H14N4O4. The van der Waals surface area contributed by atoms with Gasteiger partial charge >= 0.3 is 11.9 Å². The molecule has 0 bridgehead atoms. The smallest absolute Gasteiger partial charge is 0.305 e. The Kier molecular flexibility index (Phi) is 5.05. The van der Waals surface area contributed by atoms with E-state index in [4.69, 9.17) is 5.11 Å². The predicted molar refractivity (Wildman–Crippen MR) is 54.8 cm³/mol. The normalized spacial score (nSPS) is 12.1. The van der Waals surface area contributed by atoms with Crippen LogP contribution >= 0.6 is 0 Å². The Hall–Kier alpha value is -1.99. The number of tetrazole rings is 1. The first-order valence-corrected chi connectivity index (χ1v) is 5.11. The van der Waals surface area contributed by atoms with Crippen LogP contribution in [0.5, 0.6) is 0 Å². The summed E-state index contributed by atoms with van der Waals surface area (Å²) in [5.74, 6) is -1.62. The van der Waals surface area contributed by atoms with Gasteiger partial charge in [-0.2, -0.15) is 0 Å². The van der Waals surface area contributed by atoms with Crippen LogP contribution in [0, 0.1) is 5.92 Å². The van der Waals surface area contributed by atoms with Gasteiger partial charge in [-0.05, 0) is 22.8 Å². The third kappa shape index (κ3) is 5.05. The van der Waals surface area contributed by atoms with Crippen molar-refractivity contribution in [3.63, 3.8) is 0 Å². The van der Waals surface area contributed by atoms with Crippen molar-refractivity contribution in [3.05, 3.63) is 6.33 Å². The molecule has 94 valence electrons. The molecule has 0 saturated carbocycles. The Balaban J connectivity index is 2.45. The van der Waals surface area contributed by atoms with E-state index >= 15 is 0 Å². The van der Waals surface area contributed by atoms with Gasteiger partial charge in [-0.15, -0.1) is 5.10 Å². The van der Waals surface area contributed by atoms with Gasteiger partial charge in [-0.3, -0.25) is 9.59 Å². The lowest BCUT2D eigenvalue weighted by Crippen LogP contribution is -2.16. The number of rotatable bonds is 7. The molecule has 0 fully saturated rings. The van der Waals surface area contributed by atoms with Crippen molar-refractivity contribution in [1.29, 1.82) is 0 Å². The number of carboxylic acids is 1. The Morgan fingerprint density at radius 1 is 1.47 bits per heavy atom. The van der Waals surface area contributed by atoms with Gasteiger partial charge in [0.25, 0.3) is 0 Å². The molecule has 0 aliphatic carbocycles. The molecule has 0 aliphatic heterocycles. The first-order chi connectivity index (χ1) is 8.11. The Labute approximate surface area is 97.6 Å². The predicted octanol–water partition coefficient (Wildman–Crippen LogP) is -0.283. The summed E-state index contributed by atoms with van der Waals surface area (Å²) in [4.78, 5) is 21.7. The van der Waals surface area contributed by atoms with E-state index in [1.54, 1.807) is 0 Å². The standard InChI is InChI=1S/C9H14N4O4/c1-17-9(16)5-7(4-8(14)15)2-3-13-6-10-11-12-13/h6-7H,2-5H2,1H3,(H,14,15). The highest BCUT2D eigenvalue weighted by atomic mass is 16.5. The van der Waals surface area contributed by atoms with Gasteiger partial charge in [-0.25, -0.2) is 4.68 Å². The topological polar surface area (TPSA) is 107 Å². The molecule has 1 aromatic rings. The van der Waals surface area contributed by atoms with E-state index in [2.05, 4.69) is 20.3 Å². The van der Waals surface area contributed by atoms with Crippen LogP contribution < -0.4 is 0 Å². The molecule has 0 aliphatic rings. The zero-order valence-corrected chi connectivity index (χ0v) is 9.44. The molecule has 1 N–H and O–H groups in total. The molecule has 0 aromatic carbocycles. The van der Waals surface area contributed by atoms with Crippen LogP contribution in [0.3, 0.4) is 0 Å². The molecule has 0 radical (unpaired) electrons. The highest BCUT2D eigenvalue weighted by molar-refractivity contribution is 5.72. The van der Waals surface area contributed by atoms with Crippen molar-refractivity contribution >= 4 is 11.9 Å². The minimum Gasteiger partial charge on any atom is -0.481 e. The number of carboxylic acid groups (broad SMARTS) is 1. The molecule has 8 nitrogen and oxygen atoms in total. The number of aromatic nitrogens is 4. The van der Waals surface area contributed by atoms with Crippen molar-refractivity contribution in [2.75, 3.05) is 7.11 Å². The van der Waals surface area contributed by atoms with Crippen molar-refractivity contribution < 1.29 is 19.4 Å². The second-order valence-electron chi connectivity index (χ2n) is 3.61. The second kappa shape index (κ2) is 6.56. The highest BCUT2D eigenvalue weighted by Gasteiger charge is 2.17. The number of ether oxygens (including phenoxy) is 1. The summed E-state index contributed by atoms with van der Waals surface area (Å²) in [6.07, 6.45) is 1.96. The van der Waals surface area contributed by atoms with Crippen molar-refractivity contribution in [3.8, 4) is 0 Å². The second-order valence-corrected chi connectivity index (χ2v) is 3.61. The minimum atomic E-state index is -0.935. The maximum Gasteiger partial charge on any atom is 0.305 e. The van der Waals surface area contributed by atoms with Crippen LogP contribution in [-0.2, 0) is 20.9 Å². The molecule has 0 amide bonds. The molecule has 8 heteroatoms. The first-order valence-electron chi connectivity index (χ1n) is 5.11. The van der Waals surface area contributed by atoms with Gasteiger partial charge in [0.05, 0.1) is 7.11 Å². The van der Waals surface area contributed by atoms with Gasteiger partial charge in [0.15, 0.2) is 0 Å². The molecule has 1 heterocycles. The summed E-state index contributed by atoms with van der Waals surface area (Å²) in [5.41, 5.74) is 0. The molecule has 1 rings (SSSR count). The van der Waals surface area contributed by atoms with Crippen LogP contribution in [0.2, 0.25) is 0 Å². The summed E-state index contributed by atoms with van der Waals surface area (Å²) in [6.45, 7) is 0.474. The average molecular weight is 242 g/mol. The third-order valence-corrected chi connectivity index (χ3v) is 2.30. The minimum absolute atomic E-state index is 0.0722. The van der Waals surface area contributed by atoms with Crippen LogP contribution in [0.4, 0.5) is 0 Å². The highest BCUT2D eigenvalue weighted by Crippen LogP contribution is 2.15. The van der Waals surface area contributed by atoms with E-state index < -0.39 is 11.9 Å². The fraction of sp³-hybridized carbons (Fsp3) is 0.667. The number of hydrogen-bond donors (Lipinski definition) is 1. The van der Waals surface area contributed by atoms with Gasteiger partial charge in [0.2, 0.25) is 0 Å². The monoisotopic (exact) mass is 242 g/mol. The molecule has 0 saturated heterocycles. The SMILES string of the molecule is COC(=O)CC(CCn1cnnn1)CC(=O)O. The number of carbonyl (C=O) groups is 2. The van der Waals surface area contributed by atoms with Gasteiger partial charge < -0.3 is 9.84 Å². The van der Waals surface area contributed by atoms with E-state index in [9.17, 15) is 9.59 Å². The number of esters is 1. The van der Waals surface area contributed by atoms with E-state index in [-0.39, 0.29) is 18.8 Å². The van der Waals surface area contributed by atoms with Gasteiger partial charge in [0.1, 0.15) is 6.33 Å². The Morgan fingerprint density at radius 2 is 2.24 bits per heavy atom. The van der Waals surface area contributed by atoms with E-state index in [1.807, 2.05) is 0 Å². The third-order valence-electron chi connectivity index (χ3n) is 2.30. The quantitative estimate of drug-likeness (QED) is 0.655. The van der Waals surface area contributed by atoms with Crippen molar-refractivity contribution in [1.82, 2.24) is 20.2 Å². The largest absolute Gasteiger partial charge is 0.481 e. The molecular weight excluding hydrogens is 228 g/mol. The zero-order valence-electron chi connectivity index (χ0n) is 9.44. The van der Waals surface area contributed by atoms with E-state index in [1.165, 1.54) is 18.1 Å². The van der Waals surface area contributed by atoms with Crippen LogP contribution in [0.25, 0.3) is 0 Å². The van der Waals surface area contributed by atoms with Gasteiger partial charge in [0, 0.05) is 19.4 Å². The number of methoxy groups -OCH3 is 1. The summed E-state index contributed by atoms with van der Waals surface area (Å²) < 4.78 is 6.01. The lowest BCUT2D eigenvalue weighted by atomic mass is 9.97. The molecule has 0 spiro atoms. The molecule has 1 aromatic heterocycles. The molecule has 1 unspecified atom stereocenters. The van der Waals surface area contributed by atoms with Crippen LogP contribution in [-0.4, -0.2) is 44.4 Å². The lowest BCUT2D eigenvalue weighted by Gasteiger charge is -2.12. The number of aliphatic carboxylic acids is 1. The first kappa shape index (κ1) is 13.1. The lowest BCUT2D eigenvalue weighted by molar-refractivity contribution is -0.143. The number of nitrogens with zero attached hydrogens (tertiary/aromatic N) is 4. The van der Waals surface area contributed by atoms with Gasteiger partial charge in [-0.1, -0.05) is 0 Å². The van der Waals surface area contributed by atoms with E-state index in [0.29, 0.717) is 13.0 Å². The fourth-order valence-corrected chi connectivity index (χ4v) is 1.44. The van der Waals surface area contributed by atoms with Crippen LogP contribution in [0.1, 0.15) is 19.3 Å². The molecule has 17 heavy (non-hydrogen) atoms. The van der Waals surface area contributed by atoms with Crippen LogP contribution in [0.15, 0.2) is 6.33 Å². The summed E-state index contributed by atoms with van der Waals surface area (Å²) in [5, 5.41) is 19.3. The number of carbonyl (C=O) groups excluding carboxylic acids is 1. The summed E-state index contributed by atoms with van der Waals surface area (Å²) >= 11 is 0. The zero-order chi connectivity index (χ0) is 12.7.